The van der Waals surface area contributed by atoms with Crippen LogP contribution in [0.4, 0.5) is 0 Å². The van der Waals surface area contributed by atoms with Crippen LogP contribution in [-0.2, 0) is 18.4 Å². The third-order valence-corrected chi connectivity index (χ3v) is 12.0. The van der Waals surface area contributed by atoms with E-state index in [-0.39, 0.29) is 19.1 Å². The van der Waals surface area contributed by atoms with Gasteiger partial charge in [0.2, 0.25) is 5.91 Å². The van der Waals surface area contributed by atoms with Gasteiger partial charge in [0.1, 0.15) is 13.2 Å². The van der Waals surface area contributed by atoms with E-state index in [4.69, 9.17) is 9.05 Å². The fraction of sp³-hybridized carbons (Fsp3) is 0.788. The van der Waals surface area contributed by atoms with Crippen molar-refractivity contribution in [3.05, 3.63) is 60.8 Å². The number of carbonyl (C=O) groups excluding carboxylic acids is 1. The first-order valence-corrected chi connectivity index (χ1v) is 26.6. The van der Waals surface area contributed by atoms with E-state index in [1.807, 2.05) is 21.1 Å². The smallest absolute Gasteiger partial charge is 0.391 e. The number of quaternary nitrogens is 1. The van der Waals surface area contributed by atoms with Crippen molar-refractivity contribution >= 4 is 13.7 Å². The number of allylic oxidation sites excluding steroid dienone is 10. The second-order valence-electron chi connectivity index (χ2n) is 18.2. The average molecular weight is 878 g/mol. The Morgan fingerprint density at radius 3 is 1.44 bits per heavy atom. The van der Waals surface area contributed by atoms with Crippen LogP contribution in [0.15, 0.2) is 60.8 Å². The summed E-state index contributed by atoms with van der Waals surface area (Å²) >= 11 is 0. The molecule has 0 spiro atoms. The highest BCUT2D eigenvalue weighted by Crippen LogP contribution is 2.43. The number of unbranched alkanes of at least 4 members (excludes halogenated alkanes) is 22. The molecule has 0 aliphatic rings. The van der Waals surface area contributed by atoms with E-state index in [1.165, 1.54) is 109 Å². The number of phosphoric acid groups is 1. The molecule has 0 saturated carbocycles. The molecule has 8 nitrogen and oxygen atoms in total. The van der Waals surface area contributed by atoms with Crippen LogP contribution in [0.5, 0.6) is 0 Å². The predicted molar refractivity (Wildman–Crippen MR) is 263 cm³/mol. The summed E-state index contributed by atoms with van der Waals surface area (Å²) in [4.78, 5) is 23.2. The number of hydrogen-bond acceptors (Lipinski definition) is 5. The topological polar surface area (TPSA) is 105 Å². The van der Waals surface area contributed by atoms with Crippen LogP contribution < -0.4 is 5.32 Å². The zero-order valence-corrected chi connectivity index (χ0v) is 41.3. The van der Waals surface area contributed by atoms with E-state index in [2.05, 4.69) is 79.9 Å². The Morgan fingerprint density at radius 2 is 0.984 bits per heavy atom. The Morgan fingerprint density at radius 1 is 0.574 bits per heavy atom. The minimum absolute atomic E-state index is 0.0698. The monoisotopic (exact) mass is 878 g/mol. The van der Waals surface area contributed by atoms with E-state index < -0.39 is 20.0 Å². The molecular weight excluding hydrogens is 780 g/mol. The van der Waals surface area contributed by atoms with Gasteiger partial charge in [0.25, 0.3) is 0 Å². The highest BCUT2D eigenvalue weighted by atomic mass is 31.2. The van der Waals surface area contributed by atoms with Gasteiger partial charge >= 0.3 is 7.82 Å². The largest absolute Gasteiger partial charge is 0.472 e. The highest BCUT2D eigenvalue weighted by Gasteiger charge is 2.28. The van der Waals surface area contributed by atoms with Gasteiger partial charge in [-0.05, 0) is 57.8 Å². The highest BCUT2D eigenvalue weighted by molar-refractivity contribution is 7.47. The maximum Gasteiger partial charge on any atom is 0.472 e. The molecule has 356 valence electrons. The molecule has 0 aromatic carbocycles. The summed E-state index contributed by atoms with van der Waals surface area (Å²) in [6.07, 6.45) is 56.8. The Labute approximate surface area is 377 Å². The number of amides is 1. The quantitative estimate of drug-likeness (QED) is 0.0244. The van der Waals surface area contributed by atoms with Gasteiger partial charge in [-0.15, -0.1) is 0 Å². The molecule has 0 aromatic rings. The summed E-state index contributed by atoms with van der Waals surface area (Å²) in [5.74, 6) is -0.157. The number of likely N-dealkylation sites (N-methyl/N-ethyl adjacent to an activating group) is 1. The van der Waals surface area contributed by atoms with Crippen molar-refractivity contribution in [2.24, 2.45) is 0 Å². The number of carbonyl (C=O) groups is 1. The van der Waals surface area contributed by atoms with Crippen molar-refractivity contribution < 1.29 is 32.9 Å². The van der Waals surface area contributed by atoms with Gasteiger partial charge in [-0.3, -0.25) is 13.8 Å². The lowest BCUT2D eigenvalue weighted by Crippen LogP contribution is -2.46. The van der Waals surface area contributed by atoms with Gasteiger partial charge in [0.15, 0.2) is 0 Å². The standard InChI is InChI=1S/C52H97N2O6P/c1-6-8-10-12-14-16-18-20-22-24-25-26-27-28-29-30-32-34-36-38-40-42-44-46-52(56)53-50(49-60-61(57,58)59-48-47-54(3,4)5)51(55)45-43-41-39-37-35-33-31-23-21-19-17-15-13-11-9-7-2/h8,10,14,16,20,22,25-26,28-29,50-51,55H,6-7,9,11-13,15,17-19,21,23-24,27,30-49H2,1-5H3,(H-,53,56,57,58)/p+1/b10-8-,16-14-,22-20-,26-25-,29-28-. The summed E-state index contributed by atoms with van der Waals surface area (Å²) in [5.41, 5.74) is 0. The fourth-order valence-electron chi connectivity index (χ4n) is 7.07. The molecule has 0 bridgehead atoms. The molecule has 0 aliphatic heterocycles. The minimum Gasteiger partial charge on any atom is -0.391 e. The second kappa shape index (κ2) is 43.5. The summed E-state index contributed by atoms with van der Waals surface area (Å²) in [6, 6.07) is -0.769. The van der Waals surface area contributed by atoms with E-state index >= 15 is 0 Å². The first-order chi connectivity index (χ1) is 29.5. The van der Waals surface area contributed by atoms with Crippen molar-refractivity contribution in [2.45, 2.75) is 225 Å². The Hall–Kier alpha value is -1.80. The number of nitrogens with zero attached hydrogens (tertiary/aromatic N) is 1. The molecule has 0 aromatic heterocycles. The number of aliphatic hydroxyl groups excluding tert-OH is 1. The number of hydrogen-bond donors (Lipinski definition) is 3. The summed E-state index contributed by atoms with van der Waals surface area (Å²) in [6.45, 7) is 4.77. The lowest BCUT2D eigenvalue weighted by atomic mass is 10.0. The molecule has 9 heteroatoms. The number of aliphatic hydroxyl groups is 1. The molecule has 0 saturated heterocycles. The Kier molecular flexibility index (Phi) is 42.2. The van der Waals surface area contributed by atoms with Crippen molar-refractivity contribution in [1.29, 1.82) is 0 Å². The molecule has 0 radical (unpaired) electrons. The van der Waals surface area contributed by atoms with Crippen LogP contribution >= 0.6 is 7.82 Å². The lowest BCUT2D eigenvalue weighted by Gasteiger charge is -2.26. The van der Waals surface area contributed by atoms with Crippen LogP contribution in [0.1, 0.15) is 213 Å². The van der Waals surface area contributed by atoms with E-state index in [1.54, 1.807) is 0 Å². The van der Waals surface area contributed by atoms with Gasteiger partial charge in [-0.2, -0.15) is 0 Å². The van der Waals surface area contributed by atoms with Crippen LogP contribution in [0.2, 0.25) is 0 Å². The molecule has 3 unspecified atom stereocenters. The molecule has 3 atom stereocenters. The van der Waals surface area contributed by atoms with E-state index in [9.17, 15) is 19.4 Å². The normalized spacial score (nSPS) is 14.7. The summed E-state index contributed by atoms with van der Waals surface area (Å²) in [7, 11) is 1.60. The number of nitrogens with one attached hydrogen (secondary N) is 1. The summed E-state index contributed by atoms with van der Waals surface area (Å²) < 4.78 is 23.7. The zero-order chi connectivity index (χ0) is 45.0. The lowest BCUT2D eigenvalue weighted by molar-refractivity contribution is -0.870. The van der Waals surface area contributed by atoms with Gasteiger partial charge in [0.05, 0.1) is 39.9 Å². The first kappa shape index (κ1) is 59.2. The average Bonchev–Trinajstić information content (AvgIpc) is 3.21. The zero-order valence-electron chi connectivity index (χ0n) is 40.4. The Balaban J connectivity index is 4.30. The Bertz CT molecular complexity index is 1180. The van der Waals surface area contributed by atoms with Crippen molar-refractivity contribution in [2.75, 3.05) is 40.9 Å². The maximum atomic E-state index is 12.9. The van der Waals surface area contributed by atoms with Crippen LogP contribution in [-0.4, -0.2) is 73.4 Å². The van der Waals surface area contributed by atoms with Gasteiger partial charge in [0, 0.05) is 6.42 Å². The maximum absolute atomic E-state index is 12.9. The van der Waals surface area contributed by atoms with Crippen molar-refractivity contribution in [1.82, 2.24) is 5.32 Å². The molecule has 0 heterocycles. The molecule has 61 heavy (non-hydrogen) atoms. The third-order valence-electron chi connectivity index (χ3n) is 11.0. The van der Waals surface area contributed by atoms with Gasteiger partial charge in [-0.25, -0.2) is 4.57 Å². The predicted octanol–water partition coefficient (Wildman–Crippen LogP) is 14.6. The van der Waals surface area contributed by atoms with Gasteiger partial charge in [-0.1, -0.05) is 209 Å². The molecular formula is C52H98N2O6P+. The molecule has 0 rings (SSSR count). The van der Waals surface area contributed by atoms with Crippen LogP contribution in [0.3, 0.4) is 0 Å². The molecule has 0 aliphatic carbocycles. The van der Waals surface area contributed by atoms with Crippen molar-refractivity contribution in [3.8, 4) is 0 Å². The molecule has 1 amide bonds. The van der Waals surface area contributed by atoms with Crippen molar-refractivity contribution in [3.63, 3.8) is 0 Å². The SMILES string of the molecule is CC/C=C\C/C=C\C/C=C\C/C=C\C/C=C\CCCCCCCCCC(=O)NC(COP(=O)(O)OCC[N+](C)(C)C)C(O)CCCCCCCCCCCCCCCCCC. The number of rotatable bonds is 45. The minimum atomic E-state index is -4.32. The van der Waals surface area contributed by atoms with Crippen LogP contribution in [0, 0.1) is 0 Å². The van der Waals surface area contributed by atoms with Gasteiger partial charge < -0.3 is 19.8 Å². The fourth-order valence-corrected chi connectivity index (χ4v) is 7.81. The second-order valence-corrected chi connectivity index (χ2v) is 19.6. The van der Waals surface area contributed by atoms with Crippen LogP contribution in [0.25, 0.3) is 0 Å². The first-order valence-electron chi connectivity index (χ1n) is 25.2. The number of phosphoric ester groups is 1. The molecule has 0 fully saturated rings. The van der Waals surface area contributed by atoms with E-state index in [0.717, 1.165) is 77.0 Å². The third kappa shape index (κ3) is 46.0. The molecule has 3 N–H and O–H groups in total. The summed E-state index contributed by atoms with van der Waals surface area (Å²) in [5, 5.41) is 14.0. The van der Waals surface area contributed by atoms with E-state index in [0.29, 0.717) is 23.9 Å².